The molecular weight excluding hydrogens is 451 g/mol. The molecular formula is C24H26F3N3O2S. The fourth-order valence-corrected chi connectivity index (χ4v) is 5.03. The van der Waals surface area contributed by atoms with Crippen molar-refractivity contribution >= 4 is 26.6 Å². The van der Waals surface area contributed by atoms with Crippen molar-refractivity contribution in [3.05, 3.63) is 65.3 Å². The first-order chi connectivity index (χ1) is 15.3. The van der Waals surface area contributed by atoms with Gasteiger partial charge in [0.25, 0.3) is 0 Å². The molecule has 0 aliphatic rings. The van der Waals surface area contributed by atoms with E-state index in [1.54, 1.807) is 30.3 Å². The molecule has 33 heavy (non-hydrogen) atoms. The van der Waals surface area contributed by atoms with E-state index in [9.17, 15) is 21.6 Å². The maximum Gasteiger partial charge on any atom is 0.389 e. The molecule has 0 amide bonds. The highest BCUT2D eigenvalue weighted by molar-refractivity contribution is 7.90. The first kappa shape index (κ1) is 24.8. The first-order valence-electron chi connectivity index (χ1n) is 10.6. The van der Waals surface area contributed by atoms with Crippen LogP contribution >= 0.6 is 0 Å². The van der Waals surface area contributed by atoms with Gasteiger partial charge in [0.2, 0.25) is 0 Å². The SMILES string of the molecule is [C-]#[N+]c1ccc(CS(=O)(=O)c2ccc3c(c2)nc(C(C)(C)C)n3CCCCC(F)(F)F)cc1. The average molecular weight is 478 g/mol. The van der Waals surface area contributed by atoms with Crippen molar-refractivity contribution in [3.63, 3.8) is 0 Å². The number of imidazole rings is 1. The van der Waals surface area contributed by atoms with E-state index >= 15 is 0 Å². The molecule has 0 atom stereocenters. The maximum absolute atomic E-state index is 13.0. The summed E-state index contributed by atoms with van der Waals surface area (Å²) in [6.45, 7) is 13.3. The molecule has 3 aromatic rings. The van der Waals surface area contributed by atoms with Gasteiger partial charge in [0.15, 0.2) is 15.5 Å². The van der Waals surface area contributed by atoms with Gasteiger partial charge in [0.1, 0.15) is 5.82 Å². The molecule has 176 valence electrons. The number of halogens is 3. The number of fused-ring (bicyclic) bond motifs is 1. The second-order valence-electron chi connectivity index (χ2n) is 9.10. The lowest BCUT2D eigenvalue weighted by Crippen LogP contribution is -2.19. The molecule has 0 N–H and O–H groups in total. The predicted molar refractivity (Wildman–Crippen MR) is 122 cm³/mol. The molecule has 5 nitrogen and oxygen atoms in total. The Morgan fingerprint density at radius 1 is 1.03 bits per heavy atom. The second kappa shape index (κ2) is 9.18. The summed E-state index contributed by atoms with van der Waals surface area (Å²) in [6, 6.07) is 11.1. The van der Waals surface area contributed by atoms with Crippen molar-refractivity contribution in [2.45, 2.75) is 68.8 Å². The number of hydrogen-bond acceptors (Lipinski definition) is 3. The van der Waals surface area contributed by atoms with E-state index < -0.39 is 22.4 Å². The van der Waals surface area contributed by atoms with Crippen LogP contribution in [-0.4, -0.2) is 24.1 Å². The van der Waals surface area contributed by atoms with Gasteiger partial charge in [0, 0.05) is 18.4 Å². The quantitative estimate of drug-likeness (QED) is 0.285. The van der Waals surface area contributed by atoms with Crippen LogP contribution in [0.1, 0.15) is 51.4 Å². The highest BCUT2D eigenvalue weighted by atomic mass is 32.2. The Morgan fingerprint density at radius 2 is 1.70 bits per heavy atom. The molecule has 2 aromatic carbocycles. The van der Waals surface area contributed by atoms with Crippen LogP contribution in [0.2, 0.25) is 0 Å². The lowest BCUT2D eigenvalue weighted by atomic mass is 9.95. The van der Waals surface area contributed by atoms with E-state index in [4.69, 9.17) is 6.57 Å². The summed E-state index contributed by atoms with van der Waals surface area (Å²) in [4.78, 5) is 8.09. The second-order valence-corrected chi connectivity index (χ2v) is 11.1. The molecule has 9 heteroatoms. The smallest absolute Gasteiger partial charge is 0.328 e. The number of aromatic nitrogens is 2. The zero-order valence-electron chi connectivity index (χ0n) is 18.8. The fraction of sp³-hybridized carbons (Fsp3) is 0.417. The van der Waals surface area contributed by atoms with E-state index in [2.05, 4.69) is 9.83 Å². The van der Waals surface area contributed by atoms with Gasteiger partial charge < -0.3 is 4.57 Å². The zero-order chi connectivity index (χ0) is 24.4. The minimum atomic E-state index is -4.18. The van der Waals surface area contributed by atoms with E-state index in [1.165, 1.54) is 12.1 Å². The Labute approximate surface area is 192 Å². The molecule has 1 aromatic heterocycles. The average Bonchev–Trinajstić information content (AvgIpc) is 3.09. The summed E-state index contributed by atoms with van der Waals surface area (Å²) < 4.78 is 65.4. The molecule has 0 saturated carbocycles. The van der Waals surface area contributed by atoms with Crippen LogP contribution in [0.25, 0.3) is 15.9 Å². The molecule has 0 radical (unpaired) electrons. The van der Waals surface area contributed by atoms with Gasteiger partial charge in [-0.3, -0.25) is 0 Å². The third kappa shape index (κ3) is 6.14. The Bertz CT molecular complexity index is 1280. The number of benzene rings is 2. The van der Waals surface area contributed by atoms with Crippen LogP contribution in [0.5, 0.6) is 0 Å². The number of aryl methyl sites for hydroxylation is 1. The molecule has 0 unspecified atom stereocenters. The normalized spacial score (nSPS) is 12.8. The summed E-state index contributed by atoms with van der Waals surface area (Å²) in [7, 11) is -3.65. The molecule has 1 heterocycles. The van der Waals surface area contributed by atoms with E-state index in [-0.39, 0.29) is 22.5 Å². The van der Waals surface area contributed by atoms with Crippen molar-refractivity contribution in [2.75, 3.05) is 0 Å². The lowest BCUT2D eigenvalue weighted by Gasteiger charge is -2.20. The number of sulfone groups is 1. The van der Waals surface area contributed by atoms with Crippen LogP contribution in [0, 0.1) is 6.57 Å². The van der Waals surface area contributed by atoms with Crippen molar-refractivity contribution in [2.24, 2.45) is 0 Å². The van der Waals surface area contributed by atoms with Gasteiger partial charge in [-0.25, -0.2) is 18.2 Å². The Kier molecular flexibility index (Phi) is 6.89. The maximum atomic E-state index is 13.0. The van der Waals surface area contributed by atoms with Gasteiger partial charge in [-0.2, -0.15) is 13.2 Å². The fourth-order valence-electron chi connectivity index (χ4n) is 3.67. The molecule has 0 aliphatic carbocycles. The van der Waals surface area contributed by atoms with Crippen LogP contribution in [0.15, 0.2) is 47.4 Å². The molecule has 0 saturated heterocycles. The molecule has 0 fully saturated rings. The van der Waals surface area contributed by atoms with Crippen LogP contribution in [-0.2, 0) is 27.5 Å². The number of unbranched alkanes of at least 4 members (excludes halogenated alkanes) is 1. The van der Waals surface area contributed by atoms with Crippen molar-refractivity contribution < 1.29 is 21.6 Å². The van der Waals surface area contributed by atoms with E-state index in [1.807, 2.05) is 25.3 Å². The predicted octanol–water partition coefficient (Wildman–Crippen LogP) is 6.59. The summed E-state index contributed by atoms with van der Waals surface area (Å²) >= 11 is 0. The van der Waals surface area contributed by atoms with Gasteiger partial charge in [-0.1, -0.05) is 45.0 Å². The van der Waals surface area contributed by atoms with Crippen LogP contribution < -0.4 is 0 Å². The van der Waals surface area contributed by atoms with Crippen LogP contribution in [0.3, 0.4) is 0 Å². The Balaban J connectivity index is 1.91. The molecule has 0 bridgehead atoms. The number of hydrogen-bond donors (Lipinski definition) is 0. The molecule has 0 aliphatic heterocycles. The highest BCUT2D eigenvalue weighted by Gasteiger charge is 2.27. The minimum absolute atomic E-state index is 0.0194. The van der Waals surface area contributed by atoms with Crippen molar-refractivity contribution in [3.8, 4) is 0 Å². The largest absolute Gasteiger partial charge is 0.389 e. The Hall–Kier alpha value is -2.86. The van der Waals surface area contributed by atoms with Crippen molar-refractivity contribution in [1.82, 2.24) is 9.55 Å². The standard InChI is InChI=1S/C24H26F3N3O2S/c1-23(2,3)22-29-20-15-19(33(31,32)16-17-7-9-18(28-4)10-8-17)11-12-21(20)30(22)14-6-5-13-24(25,26)27/h7-12,15H,5-6,13-14,16H2,1-3H3. The summed E-state index contributed by atoms with van der Waals surface area (Å²) in [5.74, 6) is 0.495. The van der Waals surface area contributed by atoms with Gasteiger partial charge in [-0.15, -0.1) is 0 Å². The Morgan fingerprint density at radius 3 is 2.27 bits per heavy atom. The summed E-state index contributed by atoms with van der Waals surface area (Å²) in [5, 5.41) is 0. The zero-order valence-corrected chi connectivity index (χ0v) is 19.6. The summed E-state index contributed by atoms with van der Waals surface area (Å²) in [6.07, 6.45) is -4.65. The van der Waals surface area contributed by atoms with Gasteiger partial charge in [-0.05, 0) is 36.6 Å². The number of rotatable bonds is 7. The monoisotopic (exact) mass is 477 g/mol. The van der Waals surface area contributed by atoms with Crippen LogP contribution in [0.4, 0.5) is 18.9 Å². The first-order valence-corrected chi connectivity index (χ1v) is 12.2. The number of alkyl halides is 3. The topological polar surface area (TPSA) is 56.3 Å². The highest BCUT2D eigenvalue weighted by Crippen LogP contribution is 2.30. The number of nitrogens with zero attached hydrogens (tertiary/aromatic N) is 3. The minimum Gasteiger partial charge on any atom is -0.328 e. The van der Waals surface area contributed by atoms with Gasteiger partial charge in [0.05, 0.1) is 28.3 Å². The van der Waals surface area contributed by atoms with E-state index in [0.717, 1.165) is 0 Å². The lowest BCUT2D eigenvalue weighted by molar-refractivity contribution is -0.135. The van der Waals surface area contributed by atoms with Gasteiger partial charge >= 0.3 is 6.18 Å². The molecule has 0 spiro atoms. The third-order valence-electron chi connectivity index (χ3n) is 5.26. The molecule has 3 rings (SSSR count). The van der Waals surface area contributed by atoms with E-state index in [0.29, 0.717) is 41.1 Å². The summed E-state index contributed by atoms with van der Waals surface area (Å²) in [5.41, 5.74) is 1.85. The van der Waals surface area contributed by atoms with Crippen molar-refractivity contribution in [1.29, 1.82) is 0 Å². The third-order valence-corrected chi connectivity index (χ3v) is 6.95.